The quantitative estimate of drug-likeness (QED) is 0.653. The summed E-state index contributed by atoms with van der Waals surface area (Å²) in [5.74, 6) is -0.0670. The highest BCUT2D eigenvalue weighted by Crippen LogP contribution is 2.19. The number of nitrogens with one attached hydrogen (secondary N) is 1. The minimum Gasteiger partial charge on any atom is -0.398 e. The first-order valence-corrected chi connectivity index (χ1v) is 5.77. The Morgan fingerprint density at radius 3 is 2.87 bits per heavy atom. The predicted molar refractivity (Wildman–Crippen MR) is 65.8 cm³/mol. The highest BCUT2D eigenvalue weighted by atomic mass is 79.9. The van der Waals surface area contributed by atoms with E-state index in [2.05, 4.69) is 28.2 Å². The number of unbranched alkanes of at least 4 members (excludes halogenated alkanes) is 1. The zero-order valence-corrected chi connectivity index (χ0v) is 10.3. The predicted octanol–water partition coefficient (Wildman–Crippen LogP) is 2.56. The maximum atomic E-state index is 11.6. The van der Waals surface area contributed by atoms with E-state index in [1.54, 1.807) is 18.2 Å². The Labute approximate surface area is 98.2 Å². The fourth-order valence-corrected chi connectivity index (χ4v) is 1.41. The number of rotatable bonds is 4. The summed E-state index contributed by atoms with van der Waals surface area (Å²) in [6.45, 7) is 2.80. The number of benzene rings is 1. The molecule has 0 saturated heterocycles. The third kappa shape index (κ3) is 3.55. The van der Waals surface area contributed by atoms with Crippen LogP contribution in [0.1, 0.15) is 30.1 Å². The number of carbonyl (C=O) groups is 1. The third-order valence-electron chi connectivity index (χ3n) is 2.07. The summed E-state index contributed by atoms with van der Waals surface area (Å²) in [6, 6.07) is 5.21. The summed E-state index contributed by atoms with van der Waals surface area (Å²) >= 11 is 3.29. The van der Waals surface area contributed by atoms with E-state index in [0.717, 1.165) is 17.3 Å². The van der Waals surface area contributed by atoms with Gasteiger partial charge in [0.15, 0.2) is 0 Å². The fourth-order valence-electron chi connectivity index (χ4n) is 1.17. The van der Waals surface area contributed by atoms with Gasteiger partial charge in [-0.2, -0.15) is 0 Å². The van der Waals surface area contributed by atoms with Crippen molar-refractivity contribution in [1.82, 2.24) is 5.32 Å². The number of carbonyl (C=O) groups excluding carboxylic acids is 1. The average molecular weight is 271 g/mol. The van der Waals surface area contributed by atoms with Gasteiger partial charge in [-0.1, -0.05) is 13.3 Å². The van der Waals surface area contributed by atoms with Crippen LogP contribution in [0.4, 0.5) is 5.69 Å². The monoisotopic (exact) mass is 270 g/mol. The standard InChI is InChI=1S/C11H15BrN2O/c1-2-3-6-14-11(15)8-4-5-9(12)10(13)7-8/h4-5,7H,2-3,6,13H2,1H3,(H,14,15). The number of amides is 1. The van der Waals surface area contributed by atoms with Crippen LogP contribution in [0, 0.1) is 0 Å². The van der Waals surface area contributed by atoms with E-state index in [9.17, 15) is 4.79 Å². The Morgan fingerprint density at radius 1 is 1.53 bits per heavy atom. The minimum absolute atomic E-state index is 0.0670. The second-order valence-corrected chi connectivity index (χ2v) is 4.20. The van der Waals surface area contributed by atoms with Gasteiger partial charge < -0.3 is 11.1 Å². The van der Waals surface area contributed by atoms with E-state index in [1.807, 2.05) is 0 Å². The topological polar surface area (TPSA) is 55.1 Å². The van der Waals surface area contributed by atoms with E-state index in [-0.39, 0.29) is 5.91 Å². The molecule has 3 nitrogen and oxygen atoms in total. The summed E-state index contributed by atoms with van der Waals surface area (Å²) < 4.78 is 0.813. The lowest BCUT2D eigenvalue weighted by atomic mass is 10.2. The number of hydrogen-bond donors (Lipinski definition) is 2. The molecule has 0 bridgehead atoms. The van der Waals surface area contributed by atoms with Gasteiger partial charge in [0.05, 0.1) is 0 Å². The Bertz CT molecular complexity index is 352. The van der Waals surface area contributed by atoms with Gasteiger partial charge in [0.1, 0.15) is 0 Å². The Morgan fingerprint density at radius 2 is 2.27 bits per heavy atom. The van der Waals surface area contributed by atoms with E-state index < -0.39 is 0 Å². The number of hydrogen-bond acceptors (Lipinski definition) is 2. The van der Waals surface area contributed by atoms with Crippen molar-refractivity contribution in [1.29, 1.82) is 0 Å². The molecule has 3 N–H and O–H groups in total. The molecule has 0 spiro atoms. The SMILES string of the molecule is CCCCNC(=O)c1ccc(Br)c(N)c1. The first-order chi connectivity index (χ1) is 7.15. The molecule has 0 unspecified atom stereocenters. The molecule has 0 aliphatic heterocycles. The van der Waals surface area contributed by atoms with Crippen LogP contribution in [0.25, 0.3) is 0 Å². The molecule has 82 valence electrons. The minimum atomic E-state index is -0.0670. The first-order valence-electron chi connectivity index (χ1n) is 4.98. The number of nitrogens with two attached hydrogens (primary N) is 1. The Balaban J connectivity index is 2.62. The molecule has 4 heteroatoms. The molecule has 1 aromatic rings. The smallest absolute Gasteiger partial charge is 0.251 e. The molecule has 15 heavy (non-hydrogen) atoms. The molecule has 0 radical (unpaired) electrons. The lowest BCUT2D eigenvalue weighted by molar-refractivity contribution is 0.0953. The zero-order chi connectivity index (χ0) is 11.3. The van der Waals surface area contributed by atoms with Crippen molar-refractivity contribution >= 4 is 27.5 Å². The van der Waals surface area contributed by atoms with Crippen LogP contribution < -0.4 is 11.1 Å². The molecule has 0 aliphatic rings. The zero-order valence-electron chi connectivity index (χ0n) is 8.72. The van der Waals surface area contributed by atoms with Crippen molar-refractivity contribution in [3.8, 4) is 0 Å². The van der Waals surface area contributed by atoms with Gasteiger partial charge in [-0.25, -0.2) is 0 Å². The van der Waals surface area contributed by atoms with Gasteiger partial charge >= 0.3 is 0 Å². The van der Waals surface area contributed by atoms with E-state index in [1.165, 1.54) is 0 Å². The van der Waals surface area contributed by atoms with Crippen LogP contribution >= 0.6 is 15.9 Å². The number of nitrogen functional groups attached to an aromatic ring is 1. The lowest BCUT2D eigenvalue weighted by Gasteiger charge is -2.05. The molecule has 0 aliphatic carbocycles. The Kier molecular flexibility index (Phi) is 4.62. The van der Waals surface area contributed by atoms with Crippen LogP contribution in [0.3, 0.4) is 0 Å². The molecular formula is C11H15BrN2O. The molecule has 1 aromatic carbocycles. The van der Waals surface area contributed by atoms with E-state index >= 15 is 0 Å². The molecule has 0 fully saturated rings. The summed E-state index contributed by atoms with van der Waals surface area (Å²) in [6.07, 6.45) is 2.07. The fraction of sp³-hybridized carbons (Fsp3) is 0.364. The van der Waals surface area contributed by atoms with Gasteiger partial charge in [-0.15, -0.1) is 0 Å². The normalized spacial score (nSPS) is 10.0. The van der Waals surface area contributed by atoms with E-state index in [0.29, 0.717) is 17.8 Å². The van der Waals surface area contributed by atoms with Gasteiger partial charge in [-0.3, -0.25) is 4.79 Å². The van der Waals surface area contributed by atoms with Crippen LogP contribution in [0.2, 0.25) is 0 Å². The van der Waals surface area contributed by atoms with Crippen molar-refractivity contribution in [3.63, 3.8) is 0 Å². The summed E-state index contributed by atoms with van der Waals surface area (Å²) in [4.78, 5) is 11.6. The molecule has 1 amide bonds. The molecular weight excluding hydrogens is 256 g/mol. The van der Waals surface area contributed by atoms with Gasteiger partial charge in [0.25, 0.3) is 5.91 Å². The number of halogens is 1. The molecule has 0 saturated carbocycles. The highest BCUT2D eigenvalue weighted by molar-refractivity contribution is 9.10. The second-order valence-electron chi connectivity index (χ2n) is 3.35. The van der Waals surface area contributed by atoms with Crippen molar-refractivity contribution in [2.45, 2.75) is 19.8 Å². The maximum absolute atomic E-state index is 11.6. The average Bonchev–Trinajstić information content (AvgIpc) is 2.22. The Hall–Kier alpha value is -1.03. The molecule has 0 aromatic heterocycles. The van der Waals surface area contributed by atoms with Crippen molar-refractivity contribution in [3.05, 3.63) is 28.2 Å². The van der Waals surface area contributed by atoms with Crippen LogP contribution in [0.15, 0.2) is 22.7 Å². The van der Waals surface area contributed by atoms with Gasteiger partial charge in [-0.05, 0) is 40.5 Å². The van der Waals surface area contributed by atoms with Gasteiger partial charge in [0.2, 0.25) is 0 Å². The largest absolute Gasteiger partial charge is 0.398 e. The lowest BCUT2D eigenvalue weighted by Crippen LogP contribution is -2.24. The molecule has 1 rings (SSSR count). The summed E-state index contributed by atoms with van der Waals surface area (Å²) in [5, 5.41) is 2.84. The summed E-state index contributed by atoms with van der Waals surface area (Å²) in [7, 11) is 0. The van der Waals surface area contributed by atoms with Crippen LogP contribution in [0.5, 0.6) is 0 Å². The molecule has 0 atom stereocenters. The van der Waals surface area contributed by atoms with E-state index in [4.69, 9.17) is 5.73 Å². The van der Waals surface area contributed by atoms with Crippen molar-refractivity contribution < 1.29 is 4.79 Å². The third-order valence-corrected chi connectivity index (χ3v) is 2.80. The second kappa shape index (κ2) is 5.75. The maximum Gasteiger partial charge on any atom is 0.251 e. The van der Waals surface area contributed by atoms with Crippen molar-refractivity contribution in [2.24, 2.45) is 0 Å². The first kappa shape index (κ1) is 12.0. The highest BCUT2D eigenvalue weighted by Gasteiger charge is 2.05. The van der Waals surface area contributed by atoms with Crippen molar-refractivity contribution in [2.75, 3.05) is 12.3 Å². The van der Waals surface area contributed by atoms with Crippen LogP contribution in [-0.4, -0.2) is 12.5 Å². The molecule has 0 heterocycles. The summed E-state index contributed by atoms with van der Waals surface area (Å²) in [5.41, 5.74) is 6.87. The van der Waals surface area contributed by atoms with Gasteiger partial charge in [0, 0.05) is 22.3 Å². The van der Waals surface area contributed by atoms with Crippen LogP contribution in [-0.2, 0) is 0 Å². The number of anilines is 1.